The standard InChI is InChI=1S/C12H17NO3/c1-9(8-14)13-12(15)11(16-2)10-6-4-3-5-7-10/h3-7,9,11,14H,8H2,1-2H3,(H,13,15). The molecule has 0 radical (unpaired) electrons. The van der Waals surface area contributed by atoms with Crippen LogP contribution in [0.15, 0.2) is 30.3 Å². The summed E-state index contributed by atoms with van der Waals surface area (Å²) in [7, 11) is 1.49. The van der Waals surface area contributed by atoms with Crippen LogP contribution in [-0.4, -0.2) is 30.8 Å². The molecular formula is C12H17NO3. The number of hydrogen-bond acceptors (Lipinski definition) is 3. The van der Waals surface area contributed by atoms with Crippen molar-refractivity contribution in [2.24, 2.45) is 0 Å². The van der Waals surface area contributed by atoms with Gasteiger partial charge in [-0.25, -0.2) is 0 Å². The van der Waals surface area contributed by atoms with Crippen LogP contribution in [0, 0.1) is 0 Å². The molecule has 1 aromatic rings. The van der Waals surface area contributed by atoms with Gasteiger partial charge in [0.05, 0.1) is 6.61 Å². The van der Waals surface area contributed by atoms with Gasteiger partial charge in [-0.05, 0) is 12.5 Å². The molecule has 0 fully saturated rings. The molecule has 1 amide bonds. The Morgan fingerprint density at radius 1 is 1.44 bits per heavy atom. The number of carbonyl (C=O) groups is 1. The van der Waals surface area contributed by atoms with E-state index in [0.29, 0.717) is 0 Å². The van der Waals surface area contributed by atoms with Crippen molar-refractivity contribution in [3.63, 3.8) is 0 Å². The first-order valence-corrected chi connectivity index (χ1v) is 5.18. The summed E-state index contributed by atoms with van der Waals surface area (Å²) in [4.78, 5) is 11.8. The van der Waals surface area contributed by atoms with Crippen LogP contribution in [0.2, 0.25) is 0 Å². The quantitative estimate of drug-likeness (QED) is 0.778. The van der Waals surface area contributed by atoms with Crippen LogP contribution in [0.25, 0.3) is 0 Å². The topological polar surface area (TPSA) is 58.6 Å². The van der Waals surface area contributed by atoms with E-state index in [9.17, 15) is 4.79 Å². The molecule has 4 nitrogen and oxygen atoms in total. The molecule has 1 rings (SSSR count). The Morgan fingerprint density at radius 2 is 2.06 bits per heavy atom. The normalized spacial score (nSPS) is 14.2. The van der Waals surface area contributed by atoms with Gasteiger partial charge in [0.1, 0.15) is 0 Å². The number of nitrogens with one attached hydrogen (secondary N) is 1. The molecule has 0 spiro atoms. The maximum Gasteiger partial charge on any atom is 0.254 e. The first-order chi connectivity index (χ1) is 7.69. The Labute approximate surface area is 95.2 Å². The predicted octanol–water partition coefficient (Wildman–Crippen LogP) is 0.871. The van der Waals surface area contributed by atoms with Gasteiger partial charge >= 0.3 is 0 Å². The molecule has 0 aliphatic heterocycles. The number of rotatable bonds is 5. The highest BCUT2D eigenvalue weighted by Gasteiger charge is 2.20. The molecule has 2 atom stereocenters. The lowest BCUT2D eigenvalue weighted by Gasteiger charge is -2.18. The Kier molecular flexibility index (Phi) is 4.95. The first-order valence-electron chi connectivity index (χ1n) is 5.18. The van der Waals surface area contributed by atoms with E-state index in [0.717, 1.165) is 5.56 Å². The number of aliphatic hydroxyl groups is 1. The van der Waals surface area contributed by atoms with Crippen LogP contribution in [0.1, 0.15) is 18.6 Å². The number of hydrogen-bond donors (Lipinski definition) is 2. The summed E-state index contributed by atoms with van der Waals surface area (Å²) < 4.78 is 5.15. The van der Waals surface area contributed by atoms with Crippen molar-refractivity contribution in [1.29, 1.82) is 0 Å². The van der Waals surface area contributed by atoms with E-state index in [4.69, 9.17) is 9.84 Å². The Bertz CT molecular complexity index is 326. The van der Waals surface area contributed by atoms with Crippen molar-refractivity contribution in [2.45, 2.75) is 19.1 Å². The monoisotopic (exact) mass is 223 g/mol. The molecule has 0 aromatic heterocycles. The van der Waals surface area contributed by atoms with Crippen LogP contribution >= 0.6 is 0 Å². The van der Waals surface area contributed by atoms with Crippen LogP contribution in [0.5, 0.6) is 0 Å². The Balaban J connectivity index is 2.71. The SMILES string of the molecule is COC(C(=O)NC(C)CO)c1ccccc1. The van der Waals surface area contributed by atoms with Crippen molar-refractivity contribution in [2.75, 3.05) is 13.7 Å². The van der Waals surface area contributed by atoms with Crippen LogP contribution < -0.4 is 5.32 Å². The average molecular weight is 223 g/mol. The number of amides is 1. The maximum absolute atomic E-state index is 11.8. The molecule has 0 heterocycles. The highest BCUT2D eigenvalue weighted by Crippen LogP contribution is 2.16. The number of methoxy groups -OCH3 is 1. The van der Waals surface area contributed by atoms with Crippen LogP contribution in [-0.2, 0) is 9.53 Å². The molecular weight excluding hydrogens is 206 g/mol. The van der Waals surface area contributed by atoms with Crippen molar-refractivity contribution in [3.05, 3.63) is 35.9 Å². The number of aliphatic hydroxyl groups excluding tert-OH is 1. The second-order valence-electron chi connectivity index (χ2n) is 3.62. The predicted molar refractivity (Wildman–Crippen MR) is 60.9 cm³/mol. The van der Waals surface area contributed by atoms with Gasteiger partial charge < -0.3 is 15.2 Å². The largest absolute Gasteiger partial charge is 0.394 e. The molecule has 2 N–H and O–H groups in total. The molecule has 0 aliphatic carbocycles. The van der Waals surface area contributed by atoms with E-state index in [2.05, 4.69) is 5.32 Å². The van der Waals surface area contributed by atoms with Crippen molar-refractivity contribution in [1.82, 2.24) is 5.32 Å². The number of benzene rings is 1. The Morgan fingerprint density at radius 3 is 2.56 bits per heavy atom. The van der Waals surface area contributed by atoms with Gasteiger partial charge in [-0.15, -0.1) is 0 Å². The van der Waals surface area contributed by atoms with Gasteiger partial charge in [0.15, 0.2) is 6.10 Å². The third-order valence-electron chi connectivity index (χ3n) is 2.24. The highest BCUT2D eigenvalue weighted by atomic mass is 16.5. The summed E-state index contributed by atoms with van der Waals surface area (Å²) in [6.07, 6.45) is -0.629. The van der Waals surface area contributed by atoms with E-state index in [1.54, 1.807) is 6.92 Å². The zero-order valence-electron chi connectivity index (χ0n) is 9.51. The molecule has 0 aliphatic rings. The molecule has 0 saturated heterocycles. The van der Waals surface area contributed by atoms with Gasteiger partial charge in [0, 0.05) is 13.2 Å². The van der Waals surface area contributed by atoms with Crippen LogP contribution in [0.4, 0.5) is 0 Å². The number of carbonyl (C=O) groups excluding carboxylic acids is 1. The lowest BCUT2D eigenvalue weighted by atomic mass is 10.1. The molecule has 2 unspecified atom stereocenters. The van der Waals surface area contributed by atoms with Gasteiger partial charge in [0.2, 0.25) is 0 Å². The molecule has 0 bridgehead atoms. The van der Waals surface area contributed by atoms with Crippen molar-refractivity contribution < 1.29 is 14.6 Å². The fourth-order valence-electron chi connectivity index (χ4n) is 1.39. The van der Waals surface area contributed by atoms with E-state index >= 15 is 0 Å². The zero-order chi connectivity index (χ0) is 12.0. The summed E-state index contributed by atoms with van der Waals surface area (Å²) in [5, 5.41) is 11.5. The highest BCUT2D eigenvalue weighted by molar-refractivity contribution is 5.82. The van der Waals surface area contributed by atoms with Crippen LogP contribution in [0.3, 0.4) is 0 Å². The molecule has 88 valence electrons. The first kappa shape index (κ1) is 12.7. The van der Waals surface area contributed by atoms with Gasteiger partial charge in [-0.2, -0.15) is 0 Å². The summed E-state index contributed by atoms with van der Waals surface area (Å²) in [6.45, 7) is 1.65. The second kappa shape index (κ2) is 6.25. The third kappa shape index (κ3) is 3.32. The number of ether oxygens (including phenoxy) is 1. The summed E-state index contributed by atoms with van der Waals surface area (Å²) in [5.41, 5.74) is 0.799. The summed E-state index contributed by atoms with van der Waals surface area (Å²) in [5.74, 6) is -0.241. The summed E-state index contributed by atoms with van der Waals surface area (Å²) >= 11 is 0. The average Bonchev–Trinajstić information content (AvgIpc) is 2.31. The van der Waals surface area contributed by atoms with Gasteiger partial charge in [-0.3, -0.25) is 4.79 Å². The third-order valence-corrected chi connectivity index (χ3v) is 2.24. The van der Waals surface area contributed by atoms with E-state index in [1.807, 2.05) is 30.3 Å². The van der Waals surface area contributed by atoms with Gasteiger partial charge in [0.25, 0.3) is 5.91 Å². The fourth-order valence-corrected chi connectivity index (χ4v) is 1.39. The zero-order valence-corrected chi connectivity index (χ0v) is 9.51. The second-order valence-corrected chi connectivity index (χ2v) is 3.62. The fraction of sp³-hybridized carbons (Fsp3) is 0.417. The summed E-state index contributed by atoms with van der Waals surface area (Å²) in [6, 6.07) is 8.97. The smallest absolute Gasteiger partial charge is 0.254 e. The Hall–Kier alpha value is -1.39. The van der Waals surface area contributed by atoms with E-state index in [1.165, 1.54) is 7.11 Å². The minimum absolute atomic E-state index is 0.0863. The van der Waals surface area contributed by atoms with E-state index < -0.39 is 6.10 Å². The lowest BCUT2D eigenvalue weighted by molar-refractivity contribution is -0.132. The molecule has 16 heavy (non-hydrogen) atoms. The minimum Gasteiger partial charge on any atom is -0.394 e. The molecule has 0 saturated carbocycles. The molecule has 1 aromatic carbocycles. The molecule has 4 heteroatoms. The minimum atomic E-state index is -0.629. The van der Waals surface area contributed by atoms with E-state index in [-0.39, 0.29) is 18.6 Å². The van der Waals surface area contributed by atoms with Crippen molar-refractivity contribution in [3.8, 4) is 0 Å². The lowest BCUT2D eigenvalue weighted by Crippen LogP contribution is -2.38. The van der Waals surface area contributed by atoms with Crippen molar-refractivity contribution >= 4 is 5.91 Å². The van der Waals surface area contributed by atoms with Gasteiger partial charge in [-0.1, -0.05) is 30.3 Å². The maximum atomic E-state index is 11.8.